The molecule has 0 saturated heterocycles. The predicted octanol–water partition coefficient (Wildman–Crippen LogP) is 4.69. The van der Waals surface area contributed by atoms with Gasteiger partial charge in [-0.15, -0.1) is 0 Å². The van der Waals surface area contributed by atoms with E-state index >= 15 is 0 Å². The van der Waals surface area contributed by atoms with Crippen molar-refractivity contribution in [3.8, 4) is 0 Å². The zero-order chi connectivity index (χ0) is 14.8. The fourth-order valence-electron chi connectivity index (χ4n) is 2.35. The Labute approximate surface area is 122 Å². The summed E-state index contributed by atoms with van der Waals surface area (Å²) in [4.78, 5) is 12.0. The fourth-order valence-corrected chi connectivity index (χ4v) is 2.35. The highest BCUT2D eigenvalue weighted by molar-refractivity contribution is 5.89. The van der Waals surface area contributed by atoms with Crippen LogP contribution in [0, 0.1) is 0 Å². The second-order valence-electron chi connectivity index (χ2n) is 5.07. The standard InChI is InChI=1S/C18H26O2/c1-4-10-15(3)17(18(19)20-5-2)14-9-13-16-11-7-6-8-12-16/h6-8,11-12H,4-5,9-10,13-14H2,1-3H3/b17-15-. The summed E-state index contributed by atoms with van der Waals surface area (Å²) in [6.45, 7) is 6.49. The number of aryl methyl sites for hydroxylation is 1. The minimum atomic E-state index is -0.133. The second-order valence-corrected chi connectivity index (χ2v) is 5.07. The maximum absolute atomic E-state index is 12.0. The molecule has 0 N–H and O–H groups in total. The number of carbonyl (C=O) groups excluding carboxylic acids is 1. The van der Waals surface area contributed by atoms with Crippen molar-refractivity contribution in [2.45, 2.75) is 52.9 Å². The average Bonchev–Trinajstić information content (AvgIpc) is 2.45. The van der Waals surface area contributed by atoms with Crippen LogP contribution >= 0.6 is 0 Å². The Morgan fingerprint density at radius 1 is 1.10 bits per heavy atom. The maximum Gasteiger partial charge on any atom is 0.333 e. The number of rotatable bonds is 8. The first-order valence-electron chi connectivity index (χ1n) is 7.58. The van der Waals surface area contributed by atoms with Gasteiger partial charge in [-0.3, -0.25) is 0 Å². The van der Waals surface area contributed by atoms with Crippen LogP contribution in [0.2, 0.25) is 0 Å². The van der Waals surface area contributed by atoms with Crippen molar-refractivity contribution in [2.75, 3.05) is 6.61 Å². The van der Waals surface area contributed by atoms with Gasteiger partial charge in [0.05, 0.1) is 6.61 Å². The molecule has 0 spiro atoms. The Bertz CT molecular complexity index is 432. The van der Waals surface area contributed by atoms with Gasteiger partial charge in [0.25, 0.3) is 0 Å². The van der Waals surface area contributed by atoms with Crippen LogP contribution in [0.5, 0.6) is 0 Å². The minimum absolute atomic E-state index is 0.133. The van der Waals surface area contributed by atoms with Gasteiger partial charge in [0, 0.05) is 5.57 Å². The monoisotopic (exact) mass is 274 g/mol. The SMILES string of the molecule is CCC/C(C)=C(/CCCc1ccccc1)C(=O)OCC. The number of esters is 1. The lowest BCUT2D eigenvalue weighted by Gasteiger charge is -2.11. The van der Waals surface area contributed by atoms with E-state index in [0.717, 1.165) is 37.7 Å². The highest BCUT2D eigenvalue weighted by atomic mass is 16.5. The molecule has 0 heterocycles. The summed E-state index contributed by atoms with van der Waals surface area (Å²) in [5.74, 6) is -0.133. The first-order valence-corrected chi connectivity index (χ1v) is 7.58. The highest BCUT2D eigenvalue weighted by Gasteiger charge is 2.13. The van der Waals surface area contributed by atoms with E-state index in [1.165, 1.54) is 11.1 Å². The van der Waals surface area contributed by atoms with Crippen molar-refractivity contribution < 1.29 is 9.53 Å². The van der Waals surface area contributed by atoms with Gasteiger partial charge in [-0.2, -0.15) is 0 Å². The zero-order valence-electron chi connectivity index (χ0n) is 12.9. The molecule has 1 aromatic rings. The van der Waals surface area contributed by atoms with E-state index in [1.54, 1.807) is 0 Å². The molecule has 110 valence electrons. The molecule has 0 aliphatic rings. The summed E-state index contributed by atoms with van der Waals surface area (Å²) in [6.07, 6.45) is 4.83. The van der Waals surface area contributed by atoms with Crippen LogP contribution in [0.1, 0.15) is 52.0 Å². The molecule has 0 bridgehead atoms. The first-order chi connectivity index (χ1) is 9.69. The van der Waals surface area contributed by atoms with Crippen LogP contribution in [-0.4, -0.2) is 12.6 Å². The van der Waals surface area contributed by atoms with E-state index in [1.807, 2.05) is 13.0 Å². The number of ether oxygens (including phenoxy) is 1. The molecule has 0 fully saturated rings. The van der Waals surface area contributed by atoms with E-state index in [9.17, 15) is 4.79 Å². The highest BCUT2D eigenvalue weighted by Crippen LogP contribution is 2.19. The van der Waals surface area contributed by atoms with Crippen molar-refractivity contribution in [3.63, 3.8) is 0 Å². The second kappa shape index (κ2) is 9.35. The van der Waals surface area contributed by atoms with Crippen molar-refractivity contribution in [2.24, 2.45) is 0 Å². The van der Waals surface area contributed by atoms with Crippen LogP contribution in [0.4, 0.5) is 0 Å². The molecular formula is C18H26O2. The van der Waals surface area contributed by atoms with E-state index in [2.05, 4.69) is 38.1 Å². The number of benzene rings is 1. The Morgan fingerprint density at radius 2 is 1.80 bits per heavy atom. The third kappa shape index (κ3) is 5.60. The lowest BCUT2D eigenvalue weighted by atomic mass is 9.98. The van der Waals surface area contributed by atoms with Crippen LogP contribution in [0.25, 0.3) is 0 Å². The average molecular weight is 274 g/mol. The van der Waals surface area contributed by atoms with E-state index < -0.39 is 0 Å². The molecule has 1 rings (SSSR count). The summed E-state index contributed by atoms with van der Waals surface area (Å²) in [5.41, 5.74) is 3.38. The molecule has 0 unspecified atom stereocenters. The van der Waals surface area contributed by atoms with E-state index in [-0.39, 0.29) is 5.97 Å². The van der Waals surface area contributed by atoms with Crippen molar-refractivity contribution >= 4 is 5.97 Å². The fraction of sp³-hybridized carbons (Fsp3) is 0.500. The van der Waals surface area contributed by atoms with E-state index in [4.69, 9.17) is 4.74 Å². The van der Waals surface area contributed by atoms with Gasteiger partial charge < -0.3 is 4.74 Å². The maximum atomic E-state index is 12.0. The lowest BCUT2D eigenvalue weighted by Crippen LogP contribution is -2.10. The number of hydrogen-bond donors (Lipinski definition) is 0. The summed E-state index contributed by atoms with van der Waals surface area (Å²) in [5, 5.41) is 0. The van der Waals surface area contributed by atoms with Crippen LogP contribution < -0.4 is 0 Å². The molecule has 0 radical (unpaired) electrons. The molecule has 0 saturated carbocycles. The molecule has 0 aliphatic heterocycles. The van der Waals surface area contributed by atoms with Crippen molar-refractivity contribution in [1.82, 2.24) is 0 Å². The van der Waals surface area contributed by atoms with Crippen LogP contribution in [0.3, 0.4) is 0 Å². The van der Waals surface area contributed by atoms with Crippen LogP contribution in [0.15, 0.2) is 41.5 Å². The molecular weight excluding hydrogens is 248 g/mol. The Kier molecular flexibility index (Phi) is 7.71. The number of hydrogen-bond acceptors (Lipinski definition) is 2. The van der Waals surface area contributed by atoms with Gasteiger partial charge in [0.1, 0.15) is 0 Å². The molecule has 20 heavy (non-hydrogen) atoms. The summed E-state index contributed by atoms with van der Waals surface area (Å²) < 4.78 is 5.18. The van der Waals surface area contributed by atoms with Gasteiger partial charge >= 0.3 is 5.97 Å². The predicted molar refractivity (Wildman–Crippen MR) is 83.6 cm³/mol. The van der Waals surface area contributed by atoms with Gasteiger partial charge in [0.2, 0.25) is 0 Å². The number of carbonyl (C=O) groups is 1. The lowest BCUT2D eigenvalue weighted by molar-refractivity contribution is -0.138. The molecule has 0 aliphatic carbocycles. The van der Waals surface area contributed by atoms with Gasteiger partial charge in [-0.05, 0) is 45.1 Å². The van der Waals surface area contributed by atoms with Gasteiger partial charge in [-0.25, -0.2) is 4.79 Å². The normalized spacial score (nSPS) is 11.9. The summed E-state index contributed by atoms with van der Waals surface area (Å²) in [6, 6.07) is 10.4. The van der Waals surface area contributed by atoms with Crippen molar-refractivity contribution in [3.05, 3.63) is 47.0 Å². The molecule has 0 aromatic heterocycles. The van der Waals surface area contributed by atoms with Gasteiger partial charge in [-0.1, -0.05) is 49.2 Å². The first kappa shape index (κ1) is 16.5. The molecule has 0 amide bonds. The number of allylic oxidation sites excluding steroid dienone is 1. The smallest absolute Gasteiger partial charge is 0.333 e. The van der Waals surface area contributed by atoms with Crippen molar-refractivity contribution in [1.29, 1.82) is 0 Å². The molecule has 0 atom stereocenters. The molecule has 2 nitrogen and oxygen atoms in total. The topological polar surface area (TPSA) is 26.3 Å². The molecule has 2 heteroatoms. The Balaban J connectivity index is 2.61. The third-order valence-corrected chi connectivity index (χ3v) is 3.40. The van der Waals surface area contributed by atoms with E-state index in [0.29, 0.717) is 6.61 Å². The summed E-state index contributed by atoms with van der Waals surface area (Å²) >= 11 is 0. The molecule has 1 aromatic carbocycles. The third-order valence-electron chi connectivity index (χ3n) is 3.40. The van der Waals surface area contributed by atoms with Crippen LogP contribution in [-0.2, 0) is 16.0 Å². The van der Waals surface area contributed by atoms with Gasteiger partial charge in [0.15, 0.2) is 0 Å². The Hall–Kier alpha value is -1.57. The summed E-state index contributed by atoms with van der Waals surface area (Å²) in [7, 11) is 0. The Morgan fingerprint density at radius 3 is 2.40 bits per heavy atom. The largest absolute Gasteiger partial charge is 0.463 e. The quantitative estimate of drug-likeness (QED) is 0.508. The zero-order valence-corrected chi connectivity index (χ0v) is 12.9. The minimum Gasteiger partial charge on any atom is -0.463 e.